The van der Waals surface area contributed by atoms with Crippen molar-refractivity contribution in [3.05, 3.63) is 65.6 Å². The monoisotopic (exact) mass is 271 g/mol. The van der Waals surface area contributed by atoms with E-state index in [1.807, 2.05) is 36.5 Å². The maximum absolute atomic E-state index is 12.1. The quantitative estimate of drug-likeness (QED) is 0.778. The lowest BCUT2D eigenvalue weighted by atomic mass is 10.3. The molecule has 0 spiro atoms. The number of para-hydroxylation sites is 1. The summed E-state index contributed by atoms with van der Waals surface area (Å²) in [4.78, 5) is 16.3. The smallest absolute Gasteiger partial charge is 0.275 e. The molecule has 0 atom stereocenters. The van der Waals surface area contributed by atoms with Crippen LogP contribution >= 0.6 is 11.6 Å². The van der Waals surface area contributed by atoms with Crippen LogP contribution in [0.1, 0.15) is 10.5 Å². The van der Waals surface area contributed by atoms with Gasteiger partial charge in [-0.3, -0.25) is 4.79 Å². The number of aromatic nitrogens is 2. The van der Waals surface area contributed by atoms with Crippen LogP contribution in [0.4, 0.5) is 5.69 Å². The van der Waals surface area contributed by atoms with Crippen molar-refractivity contribution in [1.29, 1.82) is 0 Å². The predicted molar refractivity (Wildman–Crippen MR) is 74.6 cm³/mol. The van der Waals surface area contributed by atoms with Gasteiger partial charge in [0.2, 0.25) is 0 Å². The number of imidazole rings is 1. The Labute approximate surface area is 114 Å². The SMILES string of the molecule is O=C(Nc1ccccc1Cl)c1cn2ccccc2n1. The maximum Gasteiger partial charge on any atom is 0.275 e. The van der Waals surface area contributed by atoms with E-state index >= 15 is 0 Å². The highest BCUT2D eigenvalue weighted by Gasteiger charge is 2.11. The van der Waals surface area contributed by atoms with Gasteiger partial charge >= 0.3 is 0 Å². The van der Waals surface area contributed by atoms with E-state index in [9.17, 15) is 4.79 Å². The Morgan fingerprint density at radius 3 is 2.74 bits per heavy atom. The summed E-state index contributed by atoms with van der Waals surface area (Å²) < 4.78 is 1.79. The fourth-order valence-electron chi connectivity index (χ4n) is 1.79. The number of benzene rings is 1. The number of carbonyl (C=O) groups is 1. The van der Waals surface area contributed by atoms with Crippen LogP contribution in [-0.4, -0.2) is 15.3 Å². The van der Waals surface area contributed by atoms with E-state index in [2.05, 4.69) is 10.3 Å². The van der Waals surface area contributed by atoms with Crippen molar-refractivity contribution >= 4 is 28.8 Å². The van der Waals surface area contributed by atoms with Crippen molar-refractivity contribution in [3.8, 4) is 0 Å². The summed E-state index contributed by atoms with van der Waals surface area (Å²) in [6.45, 7) is 0. The number of carbonyl (C=O) groups excluding carboxylic acids is 1. The topological polar surface area (TPSA) is 46.4 Å². The maximum atomic E-state index is 12.1. The van der Waals surface area contributed by atoms with Crippen molar-refractivity contribution in [2.75, 3.05) is 5.32 Å². The number of rotatable bonds is 2. The van der Waals surface area contributed by atoms with E-state index in [4.69, 9.17) is 11.6 Å². The Morgan fingerprint density at radius 2 is 1.95 bits per heavy atom. The van der Waals surface area contributed by atoms with Crippen molar-refractivity contribution < 1.29 is 4.79 Å². The molecule has 0 aliphatic rings. The van der Waals surface area contributed by atoms with Gasteiger partial charge in [0, 0.05) is 12.4 Å². The molecule has 0 bridgehead atoms. The summed E-state index contributed by atoms with van der Waals surface area (Å²) in [6, 6.07) is 12.7. The highest BCUT2D eigenvalue weighted by atomic mass is 35.5. The Bertz CT molecular complexity index is 718. The third kappa shape index (κ3) is 2.30. The molecule has 3 aromatic rings. The molecule has 0 saturated carbocycles. The van der Waals surface area contributed by atoms with Gasteiger partial charge in [0.05, 0.1) is 10.7 Å². The lowest BCUT2D eigenvalue weighted by Crippen LogP contribution is -2.12. The standard InChI is InChI=1S/C14H10ClN3O/c15-10-5-1-2-6-11(10)17-14(19)12-9-18-8-4-3-7-13(18)16-12/h1-9H,(H,17,19). The van der Waals surface area contributed by atoms with E-state index in [1.54, 1.807) is 22.7 Å². The van der Waals surface area contributed by atoms with E-state index in [0.29, 0.717) is 16.4 Å². The molecule has 19 heavy (non-hydrogen) atoms. The first-order valence-corrected chi connectivity index (χ1v) is 6.11. The number of pyridine rings is 1. The molecule has 5 heteroatoms. The van der Waals surface area contributed by atoms with Crippen LogP contribution in [0.2, 0.25) is 5.02 Å². The van der Waals surface area contributed by atoms with E-state index < -0.39 is 0 Å². The number of amides is 1. The van der Waals surface area contributed by atoms with Crippen LogP contribution in [0.25, 0.3) is 5.65 Å². The number of hydrogen-bond donors (Lipinski definition) is 1. The summed E-state index contributed by atoms with van der Waals surface area (Å²) in [6.07, 6.45) is 3.52. The van der Waals surface area contributed by atoms with Crippen molar-refractivity contribution in [2.45, 2.75) is 0 Å². The van der Waals surface area contributed by atoms with Crippen LogP contribution in [0, 0.1) is 0 Å². The average molecular weight is 272 g/mol. The zero-order valence-corrected chi connectivity index (χ0v) is 10.6. The number of halogens is 1. The van der Waals surface area contributed by atoms with E-state index in [1.165, 1.54) is 0 Å². The molecule has 1 N–H and O–H groups in total. The fourth-order valence-corrected chi connectivity index (χ4v) is 1.98. The third-order valence-electron chi connectivity index (χ3n) is 2.72. The first-order valence-electron chi connectivity index (χ1n) is 5.74. The Balaban J connectivity index is 1.90. The van der Waals surface area contributed by atoms with Crippen molar-refractivity contribution in [3.63, 3.8) is 0 Å². The van der Waals surface area contributed by atoms with Gasteiger partial charge in [-0.15, -0.1) is 0 Å². The second kappa shape index (κ2) is 4.74. The molecule has 2 aromatic heterocycles. The third-order valence-corrected chi connectivity index (χ3v) is 3.05. The minimum absolute atomic E-state index is 0.281. The lowest BCUT2D eigenvalue weighted by Gasteiger charge is -2.04. The largest absolute Gasteiger partial charge is 0.319 e. The first-order chi connectivity index (χ1) is 9.24. The van der Waals surface area contributed by atoms with Crippen LogP contribution < -0.4 is 5.32 Å². The van der Waals surface area contributed by atoms with Crippen molar-refractivity contribution in [1.82, 2.24) is 9.38 Å². The Hall–Kier alpha value is -2.33. The van der Waals surface area contributed by atoms with Gasteiger partial charge in [-0.25, -0.2) is 4.98 Å². The van der Waals surface area contributed by atoms with E-state index in [-0.39, 0.29) is 5.91 Å². The zero-order valence-electron chi connectivity index (χ0n) is 9.88. The van der Waals surface area contributed by atoms with Gasteiger partial charge in [-0.1, -0.05) is 29.8 Å². The molecule has 1 aromatic carbocycles. The molecule has 3 rings (SSSR count). The molecule has 0 aliphatic heterocycles. The van der Waals surface area contributed by atoms with Crippen LogP contribution in [0.3, 0.4) is 0 Å². The zero-order chi connectivity index (χ0) is 13.2. The molecule has 0 fully saturated rings. The fraction of sp³-hybridized carbons (Fsp3) is 0. The predicted octanol–water partition coefficient (Wildman–Crippen LogP) is 3.24. The summed E-state index contributed by atoms with van der Waals surface area (Å²) >= 11 is 5.99. The number of nitrogens with one attached hydrogen (secondary N) is 1. The van der Waals surface area contributed by atoms with Crippen molar-refractivity contribution in [2.24, 2.45) is 0 Å². The van der Waals surface area contributed by atoms with Crippen LogP contribution in [-0.2, 0) is 0 Å². The second-order valence-electron chi connectivity index (χ2n) is 4.03. The van der Waals surface area contributed by atoms with Gasteiger partial charge in [0.25, 0.3) is 5.91 Å². The molecule has 94 valence electrons. The number of nitrogens with zero attached hydrogens (tertiary/aromatic N) is 2. The summed E-state index contributed by atoms with van der Waals surface area (Å²) in [5, 5.41) is 3.24. The summed E-state index contributed by atoms with van der Waals surface area (Å²) in [7, 11) is 0. The van der Waals surface area contributed by atoms with Gasteiger partial charge in [-0.05, 0) is 24.3 Å². The normalized spacial score (nSPS) is 10.6. The minimum atomic E-state index is -0.281. The van der Waals surface area contributed by atoms with Gasteiger partial charge in [0.1, 0.15) is 11.3 Å². The van der Waals surface area contributed by atoms with Gasteiger partial charge in [-0.2, -0.15) is 0 Å². The molecule has 1 amide bonds. The van der Waals surface area contributed by atoms with Crippen LogP contribution in [0.5, 0.6) is 0 Å². The summed E-state index contributed by atoms with van der Waals surface area (Å²) in [5.41, 5.74) is 1.66. The number of fused-ring (bicyclic) bond motifs is 1. The Kier molecular flexibility index (Phi) is 2.93. The molecule has 4 nitrogen and oxygen atoms in total. The molecule has 0 saturated heterocycles. The lowest BCUT2D eigenvalue weighted by molar-refractivity contribution is 0.102. The highest BCUT2D eigenvalue weighted by Crippen LogP contribution is 2.21. The molecular formula is C14H10ClN3O. The van der Waals surface area contributed by atoms with Gasteiger partial charge < -0.3 is 9.72 Å². The molecule has 2 heterocycles. The van der Waals surface area contributed by atoms with E-state index in [0.717, 1.165) is 5.65 Å². The molecule has 0 aliphatic carbocycles. The second-order valence-corrected chi connectivity index (χ2v) is 4.43. The molecule has 0 radical (unpaired) electrons. The Morgan fingerprint density at radius 1 is 1.16 bits per heavy atom. The molecular weight excluding hydrogens is 262 g/mol. The first kappa shape index (κ1) is 11.7. The number of anilines is 1. The molecule has 0 unspecified atom stereocenters. The summed E-state index contributed by atoms with van der Waals surface area (Å²) in [5.74, 6) is -0.281. The highest BCUT2D eigenvalue weighted by molar-refractivity contribution is 6.33. The minimum Gasteiger partial charge on any atom is -0.319 e. The number of hydrogen-bond acceptors (Lipinski definition) is 2. The van der Waals surface area contributed by atoms with Gasteiger partial charge in [0.15, 0.2) is 0 Å². The van der Waals surface area contributed by atoms with Crippen LogP contribution in [0.15, 0.2) is 54.9 Å². The average Bonchev–Trinajstić information content (AvgIpc) is 2.85.